The molecule has 0 N–H and O–H groups in total. The summed E-state index contributed by atoms with van der Waals surface area (Å²) in [4.78, 5) is 26.0. The number of nitrogens with zero attached hydrogens (tertiary/aromatic N) is 1. The third-order valence-corrected chi connectivity index (χ3v) is 5.20. The Labute approximate surface area is 171 Å². The molecule has 0 radical (unpaired) electrons. The number of amides is 1. The highest BCUT2D eigenvalue weighted by Gasteiger charge is 2.23. The van der Waals surface area contributed by atoms with Crippen LogP contribution in [0.4, 0.5) is 0 Å². The maximum absolute atomic E-state index is 12.4. The van der Waals surface area contributed by atoms with Crippen LogP contribution >= 0.6 is 0 Å². The number of likely N-dealkylation sites (tertiary alicyclic amines) is 1. The normalized spacial score (nSPS) is 14.3. The van der Waals surface area contributed by atoms with Gasteiger partial charge in [-0.25, -0.2) is 0 Å². The third kappa shape index (κ3) is 4.86. The SMILES string of the molecule is C=CC(=O)N1CCC(Oc2cc(C(=O)CC)cc(-c3ccccc3OC)c2)CC1. The van der Waals surface area contributed by atoms with Gasteiger partial charge in [-0.15, -0.1) is 0 Å². The van der Waals surface area contributed by atoms with Crippen LogP contribution in [0, 0.1) is 0 Å². The smallest absolute Gasteiger partial charge is 0.245 e. The number of para-hydroxylation sites is 1. The molecule has 0 aromatic heterocycles. The van der Waals surface area contributed by atoms with E-state index < -0.39 is 0 Å². The van der Waals surface area contributed by atoms with Gasteiger partial charge in [-0.3, -0.25) is 9.59 Å². The van der Waals surface area contributed by atoms with Gasteiger partial charge in [0.25, 0.3) is 0 Å². The zero-order chi connectivity index (χ0) is 20.8. The Hall–Kier alpha value is -3.08. The predicted molar refractivity (Wildman–Crippen MR) is 113 cm³/mol. The van der Waals surface area contributed by atoms with E-state index >= 15 is 0 Å². The molecule has 0 spiro atoms. The summed E-state index contributed by atoms with van der Waals surface area (Å²) in [6.45, 7) is 6.68. The first-order chi connectivity index (χ1) is 14.0. The number of methoxy groups -OCH3 is 1. The van der Waals surface area contributed by atoms with Crippen molar-refractivity contribution in [2.24, 2.45) is 0 Å². The molecule has 2 aromatic carbocycles. The number of ketones is 1. The van der Waals surface area contributed by atoms with Crippen LogP contribution in [0.25, 0.3) is 11.1 Å². The van der Waals surface area contributed by atoms with Gasteiger partial charge < -0.3 is 14.4 Å². The summed E-state index contributed by atoms with van der Waals surface area (Å²) in [5, 5.41) is 0. The van der Waals surface area contributed by atoms with Gasteiger partial charge in [-0.05, 0) is 35.9 Å². The van der Waals surface area contributed by atoms with Gasteiger partial charge in [0.2, 0.25) is 5.91 Å². The Balaban J connectivity index is 1.86. The van der Waals surface area contributed by atoms with E-state index in [1.807, 2.05) is 49.4 Å². The van der Waals surface area contributed by atoms with E-state index in [9.17, 15) is 9.59 Å². The molecule has 1 saturated heterocycles. The Bertz CT molecular complexity index is 898. The highest BCUT2D eigenvalue weighted by Crippen LogP contribution is 2.34. The van der Waals surface area contributed by atoms with Crippen LogP contribution in [-0.2, 0) is 4.79 Å². The molecule has 1 amide bonds. The largest absolute Gasteiger partial charge is 0.496 e. The number of carbonyl (C=O) groups excluding carboxylic acids is 2. The molecule has 5 nitrogen and oxygen atoms in total. The van der Waals surface area contributed by atoms with E-state index in [-0.39, 0.29) is 17.8 Å². The highest BCUT2D eigenvalue weighted by atomic mass is 16.5. The molecular weight excluding hydrogens is 366 g/mol. The number of carbonyl (C=O) groups is 2. The van der Waals surface area contributed by atoms with Gasteiger partial charge in [-0.2, -0.15) is 0 Å². The number of hydrogen-bond donors (Lipinski definition) is 0. The van der Waals surface area contributed by atoms with E-state index in [1.165, 1.54) is 6.08 Å². The molecule has 0 unspecified atom stereocenters. The van der Waals surface area contributed by atoms with Gasteiger partial charge in [0.05, 0.1) is 7.11 Å². The van der Waals surface area contributed by atoms with Crippen molar-refractivity contribution in [2.45, 2.75) is 32.3 Å². The van der Waals surface area contributed by atoms with Crippen LogP contribution in [-0.4, -0.2) is 42.9 Å². The van der Waals surface area contributed by atoms with Crippen molar-refractivity contribution < 1.29 is 19.1 Å². The average Bonchev–Trinajstić information content (AvgIpc) is 2.78. The van der Waals surface area contributed by atoms with Gasteiger partial charge in [0.1, 0.15) is 17.6 Å². The Morgan fingerprint density at radius 2 is 1.90 bits per heavy atom. The van der Waals surface area contributed by atoms with Crippen molar-refractivity contribution in [1.82, 2.24) is 4.90 Å². The van der Waals surface area contributed by atoms with Crippen molar-refractivity contribution in [3.05, 3.63) is 60.7 Å². The van der Waals surface area contributed by atoms with Gasteiger partial charge in [0.15, 0.2) is 5.78 Å². The molecule has 2 aromatic rings. The standard InChI is InChI=1S/C24H27NO4/c1-4-22(26)18-14-17(21-8-6-7-9-23(21)28-3)15-20(16-18)29-19-10-12-25(13-11-19)24(27)5-2/h5-9,14-16,19H,2,4,10-13H2,1,3H3. The first-order valence-electron chi connectivity index (χ1n) is 9.95. The summed E-state index contributed by atoms with van der Waals surface area (Å²) in [6, 6.07) is 13.4. The molecule has 0 atom stereocenters. The minimum absolute atomic E-state index is 0.00126. The van der Waals surface area contributed by atoms with E-state index in [0.717, 1.165) is 29.7 Å². The fourth-order valence-corrected chi connectivity index (χ4v) is 3.59. The zero-order valence-electron chi connectivity index (χ0n) is 17.0. The summed E-state index contributed by atoms with van der Waals surface area (Å²) in [6.07, 6.45) is 3.27. The summed E-state index contributed by atoms with van der Waals surface area (Å²) in [5.74, 6) is 1.44. The fourth-order valence-electron chi connectivity index (χ4n) is 3.59. The molecule has 0 saturated carbocycles. The van der Waals surface area contributed by atoms with Gasteiger partial charge in [-0.1, -0.05) is 31.7 Å². The fraction of sp³-hybridized carbons (Fsp3) is 0.333. The lowest BCUT2D eigenvalue weighted by molar-refractivity contribution is -0.127. The van der Waals surface area contributed by atoms with Crippen molar-refractivity contribution >= 4 is 11.7 Å². The monoisotopic (exact) mass is 393 g/mol. The van der Waals surface area contributed by atoms with Crippen LogP contribution in [0.15, 0.2) is 55.1 Å². The van der Waals surface area contributed by atoms with Gasteiger partial charge >= 0.3 is 0 Å². The number of benzene rings is 2. The Morgan fingerprint density at radius 3 is 2.55 bits per heavy atom. The van der Waals surface area contributed by atoms with Crippen molar-refractivity contribution in [3.8, 4) is 22.6 Å². The number of rotatable bonds is 7. The van der Waals surface area contributed by atoms with Crippen LogP contribution in [0.3, 0.4) is 0 Å². The van der Waals surface area contributed by atoms with Crippen molar-refractivity contribution in [2.75, 3.05) is 20.2 Å². The molecule has 0 bridgehead atoms. The lowest BCUT2D eigenvalue weighted by Crippen LogP contribution is -2.41. The Kier molecular flexibility index (Phi) is 6.70. The molecule has 1 fully saturated rings. The molecular formula is C24H27NO4. The molecule has 1 aliphatic heterocycles. The average molecular weight is 393 g/mol. The summed E-state index contributed by atoms with van der Waals surface area (Å²) < 4.78 is 11.7. The third-order valence-electron chi connectivity index (χ3n) is 5.20. The van der Waals surface area contributed by atoms with Gasteiger partial charge in [0, 0.05) is 43.5 Å². The molecule has 5 heteroatoms. The Morgan fingerprint density at radius 1 is 1.17 bits per heavy atom. The highest BCUT2D eigenvalue weighted by molar-refractivity contribution is 5.97. The minimum atomic E-state index is -0.0440. The molecule has 0 aliphatic carbocycles. The molecule has 29 heavy (non-hydrogen) atoms. The molecule has 3 rings (SSSR count). The predicted octanol–water partition coefficient (Wildman–Crippen LogP) is 4.51. The topological polar surface area (TPSA) is 55.8 Å². The molecule has 1 heterocycles. The second-order valence-corrected chi connectivity index (χ2v) is 7.07. The van der Waals surface area contributed by atoms with Crippen molar-refractivity contribution in [3.63, 3.8) is 0 Å². The molecule has 152 valence electrons. The quantitative estimate of drug-likeness (QED) is 0.513. The number of ether oxygens (including phenoxy) is 2. The summed E-state index contributed by atoms with van der Waals surface area (Å²) in [7, 11) is 1.63. The van der Waals surface area contributed by atoms with Crippen LogP contribution < -0.4 is 9.47 Å². The van der Waals surface area contributed by atoms with E-state index in [4.69, 9.17) is 9.47 Å². The van der Waals surface area contributed by atoms with E-state index in [1.54, 1.807) is 12.0 Å². The molecule has 1 aliphatic rings. The number of Topliss-reactive ketones (excluding diaryl/α,β-unsaturated/α-hetero) is 1. The van der Waals surface area contributed by atoms with E-state index in [2.05, 4.69) is 6.58 Å². The first kappa shape index (κ1) is 20.6. The summed E-state index contributed by atoms with van der Waals surface area (Å²) >= 11 is 0. The van der Waals surface area contributed by atoms with E-state index in [0.29, 0.717) is 30.8 Å². The second-order valence-electron chi connectivity index (χ2n) is 7.07. The maximum atomic E-state index is 12.4. The maximum Gasteiger partial charge on any atom is 0.245 e. The first-order valence-corrected chi connectivity index (χ1v) is 9.95. The van der Waals surface area contributed by atoms with Crippen LogP contribution in [0.5, 0.6) is 11.5 Å². The van der Waals surface area contributed by atoms with Crippen LogP contribution in [0.1, 0.15) is 36.5 Å². The van der Waals surface area contributed by atoms with Crippen molar-refractivity contribution in [1.29, 1.82) is 0 Å². The number of piperidine rings is 1. The lowest BCUT2D eigenvalue weighted by Gasteiger charge is -2.31. The zero-order valence-corrected chi connectivity index (χ0v) is 17.0. The lowest BCUT2D eigenvalue weighted by atomic mass is 9.99. The number of hydrogen-bond acceptors (Lipinski definition) is 4. The second kappa shape index (κ2) is 9.41. The minimum Gasteiger partial charge on any atom is -0.496 e. The van der Waals surface area contributed by atoms with Crippen LogP contribution in [0.2, 0.25) is 0 Å². The summed E-state index contributed by atoms with van der Waals surface area (Å²) in [5.41, 5.74) is 2.43.